The molecule has 2 N–H and O–H groups in total. The van der Waals surface area contributed by atoms with Gasteiger partial charge < -0.3 is 10.6 Å². The highest BCUT2D eigenvalue weighted by Gasteiger charge is 2.36. The highest BCUT2D eigenvalue weighted by Crippen LogP contribution is 2.25. The van der Waals surface area contributed by atoms with Crippen LogP contribution in [0.5, 0.6) is 0 Å². The van der Waals surface area contributed by atoms with Gasteiger partial charge in [-0.15, -0.1) is 0 Å². The summed E-state index contributed by atoms with van der Waals surface area (Å²) in [6, 6.07) is 5.28. The summed E-state index contributed by atoms with van der Waals surface area (Å²) in [5.41, 5.74) is 0.257. The first-order valence-corrected chi connectivity index (χ1v) is 7.39. The van der Waals surface area contributed by atoms with E-state index in [1.54, 1.807) is 32.0 Å². The van der Waals surface area contributed by atoms with Crippen molar-refractivity contribution in [3.05, 3.63) is 28.8 Å². The smallest absolute Gasteiger partial charge is 0.239 e. The average molecular weight is 311 g/mol. The third-order valence-corrected chi connectivity index (χ3v) is 3.73. The summed E-state index contributed by atoms with van der Waals surface area (Å²) >= 11 is 6.03. The molecule has 1 aromatic carbocycles. The number of carbonyl (C=O) groups excluding carboxylic acids is 2. The molecule has 0 aromatic heterocycles. The minimum Gasteiger partial charge on any atom is -0.355 e. The van der Waals surface area contributed by atoms with Crippen molar-refractivity contribution in [2.24, 2.45) is 11.3 Å². The van der Waals surface area contributed by atoms with Crippen molar-refractivity contribution in [1.82, 2.24) is 5.32 Å². The zero-order chi connectivity index (χ0) is 16.2. The fourth-order valence-corrected chi connectivity index (χ4v) is 1.82. The molecular weight excluding hydrogens is 288 g/mol. The summed E-state index contributed by atoms with van der Waals surface area (Å²) in [5.74, 6) is -0.300. The molecule has 0 aliphatic carbocycles. The van der Waals surface area contributed by atoms with E-state index in [9.17, 15) is 9.59 Å². The lowest BCUT2D eigenvalue weighted by Crippen LogP contribution is -2.46. The number of hydrogen-bond donors (Lipinski definition) is 2. The van der Waals surface area contributed by atoms with Gasteiger partial charge in [0.2, 0.25) is 11.8 Å². The van der Waals surface area contributed by atoms with E-state index in [1.165, 1.54) is 0 Å². The van der Waals surface area contributed by atoms with Crippen LogP contribution < -0.4 is 10.6 Å². The largest absolute Gasteiger partial charge is 0.355 e. The number of carbonyl (C=O) groups is 2. The monoisotopic (exact) mass is 310 g/mol. The molecule has 1 rings (SSSR count). The molecule has 0 unspecified atom stereocenters. The molecule has 0 aliphatic rings. The van der Waals surface area contributed by atoms with Crippen molar-refractivity contribution in [2.45, 2.75) is 34.6 Å². The topological polar surface area (TPSA) is 58.2 Å². The van der Waals surface area contributed by atoms with Crippen LogP contribution in [-0.2, 0) is 9.59 Å². The van der Waals surface area contributed by atoms with Gasteiger partial charge in [0.25, 0.3) is 0 Å². The second kappa shape index (κ2) is 6.94. The first-order chi connectivity index (χ1) is 9.66. The maximum absolute atomic E-state index is 12.4. The van der Waals surface area contributed by atoms with E-state index in [4.69, 9.17) is 11.6 Å². The molecule has 0 spiro atoms. The van der Waals surface area contributed by atoms with Crippen LogP contribution >= 0.6 is 11.6 Å². The van der Waals surface area contributed by atoms with E-state index < -0.39 is 5.41 Å². The third kappa shape index (κ3) is 4.46. The Kier molecular flexibility index (Phi) is 5.78. The number of hydrogen-bond acceptors (Lipinski definition) is 2. The summed E-state index contributed by atoms with van der Waals surface area (Å²) in [6.07, 6.45) is 0. The number of nitrogens with one attached hydrogen (secondary N) is 2. The molecule has 21 heavy (non-hydrogen) atoms. The lowest BCUT2D eigenvalue weighted by molar-refractivity contribution is -0.138. The first-order valence-electron chi connectivity index (χ1n) is 7.01. The highest BCUT2D eigenvalue weighted by atomic mass is 35.5. The Morgan fingerprint density at radius 3 is 2.43 bits per heavy atom. The predicted octanol–water partition coefficient (Wildman–Crippen LogP) is 3.39. The molecule has 116 valence electrons. The van der Waals surface area contributed by atoms with Gasteiger partial charge in [0.05, 0.1) is 0 Å². The quantitative estimate of drug-likeness (QED) is 0.819. The molecule has 0 radical (unpaired) electrons. The van der Waals surface area contributed by atoms with E-state index in [0.29, 0.717) is 23.2 Å². The lowest BCUT2D eigenvalue weighted by Gasteiger charge is -2.24. The Bertz CT molecular complexity index is 539. The molecular formula is C16H23ClN2O2. The van der Waals surface area contributed by atoms with Gasteiger partial charge in [-0.3, -0.25) is 9.59 Å². The van der Waals surface area contributed by atoms with Crippen LogP contribution in [0, 0.1) is 18.3 Å². The molecule has 0 bridgehead atoms. The van der Waals surface area contributed by atoms with E-state index in [1.807, 2.05) is 20.8 Å². The molecule has 0 aliphatic heterocycles. The molecule has 0 atom stereocenters. The summed E-state index contributed by atoms with van der Waals surface area (Å²) in [5, 5.41) is 6.14. The first kappa shape index (κ1) is 17.5. The van der Waals surface area contributed by atoms with Crippen molar-refractivity contribution in [3.63, 3.8) is 0 Å². The number of amides is 2. The second-order valence-corrected chi connectivity index (χ2v) is 6.50. The molecule has 0 saturated heterocycles. The van der Waals surface area contributed by atoms with E-state index in [-0.39, 0.29) is 11.8 Å². The summed E-state index contributed by atoms with van der Waals surface area (Å²) in [7, 11) is 0. The second-order valence-electron chi connectivity index (χ2n) is 6.10. The number of halogens is 1. The average Bonchev–Trinajstić information content (AvgIpc) is 2.40. The fraction of sp³-hybridized carbons (Fsp3) is 0.500. The van der Waals surface area contributed by atoms with Crippen molar-refractivity contribution < 1.29 is 9.59 Å². The van der Waals surface area contributed by atoms with Crippen LogP contribution in [-0.4, -0.2) is 18.4 Å². The van der Waals surface area contributed by atoms with Crippen molar-refractivity contribution in [2.75, 3.05) is 11.9 Å². The van der Waals surface area contributed by atoms with Gasteiger partial charge in [0, 0.05) is 17.3 Å². The molecule has 1 aromatic rings. The Morgan fingerprint density at radius 2 is 1.86 bits per heavy atom. The zero-order valence-electron chi connectivity index (χ0n) is 13.2. The van der Waals surface area contributed by atoms with E-state index >= 15 is 0 Å². The molecule has 2 amide bonds. The normalized spacial score (nSPS) is 11.4. The Morgan fingerprint density at radius 1 is 1.24 bits per heavy atom. The maximum Gasteiger partial charge on any atom is 0.239 e. The lowest BCUT2D eigenvalue weighted by atomic mass is 9.90. The van der Waals surface area contributed by atoms with Crippen molar-refractivity contribution in [3.8, 4) is 0 Å². The van der Waals surface area contributed by atoms with Gasteiger partial charge in [-0.25, -0.2) is 0 Å². The standard InChI is InChI=1S/C16H23ClN2O2/c1-10(2)9-18-14(20)16(4,5)15(21)19-13-8-6-7-12(17)11(13)3/h6-8,10H,9H2,1-5H3,(H,18,20)(H,19,21). The molecule has 0 heterocycles. The van der Waals surface area contributed by atoms with Gasteiger partial charge in [0.15, 0.2) is 0 Å². The Hall–Kier alpha value is -1.55. The van der Waals surface area contributed by atoms with Gasteiger partial charge >= 0.3 is 0 Å². The van der Waals surface area contributed by atoms with Gasteiger partial charge in [-0.1, -0.05) is 31.5 Å². The van der Waals surface area contributed by atoms with E-state index in [0.717, 1.165) is 5.56 Å². The van der Waals surface area contributed by atoms with Gasteiger partial charge in [0.1, 0.15) is 5.41 Å². The molecule has 0 saturated carbocycles. The zero-order valence-corrected chi connectivity index (χ0v) is 14.0. The van der Waals surface area contributed by atoms with Crippen LogP contribution in [0.1, 0.15) is 33.3 Å². The summed E-state index contributed by atoms with van der Waals surface area (Å²) < 4.78 is 0. The van der Waals surface area contributed by atoms with Gasteiger partial charge in [-0.2, -0.15) is 0 Å². The minimum absolute atomic E-state index is 0.284. The SMILES string of the molecule is Cc1c(Cl)cccc1NC(=O)C(C)(C)C(=O)NCC(C)C. The van der Waals surface area contributed by atoms with Crippen LogP contribution in [0.2, 0.25) is 5.02 Å². The Balaban J connectivity index is 2.81. The number of rotatable bonds is 5. The summed E-state index contributed by atoms with van der Waals surface area (Å²) in [4.78, 5) is 24.5. The van der Waals surface area contributed by atoms with Crippen LogP contribution in [0.15, 0.2) is 18.2 Å². The predicted molar refractivity (Wildman–Crippen MR) is 86.4 cm³/mol. The molecule has 0 fully saturated rings. The highest BCUT2D eigenvalue weighted by molar-refractivity contribution is 6.31. The van der Waals surface area contributed by atoms with E-state index in [2.05, 4.69) is 10.6 Å². The third-order valence-electron chi connectivity index (χ3n) is 3.32. The van der Waals surface area contributed by atoms with Crippen molar-refractivity contribution >= 4 is 29.1 Å². The minimum atomic E-state index is -1.15. The van der Waals surface area contributed by atoms with Gasteiger partial charge in [-0.05, 0) is 44.4 Å². The number of anilines is 1. The fourth-order valence-electron chi connectivity index (χ4n) is 1.64. The summed E-state index contributed by atoms with van der Waals surface area (Å²) in [6.45, 7) is 9.59. The van der Waals surface area contributed by atoms with Crippen LogP contribution in [0.3, 0.4) is 0 Å². The molecule has 4 nitrogen and oxygen atoms in total. The number of benzene rings is 1. The maximum atomic E-state index is 12.4. The van der Waals surface area contributed by atoms with Crippen LogP contribution in [0.25, 0.3) is 0 Å². The molecule has 5 heteroatoms. The van der Waals surface area contributed by atoms with Crippen molar-refractivity contribution in [1.29, 1.82) is 0 Å². The Labute approximate surface area is 131 Å². The van der Waals surface area contributed by atoms with Crippen LogP contribution in [0.4, 0.5) is 5.69 Å².